The first-order valence-corrected chi connectivity index (χ1v) is 7.89. The minimum absolute atomic E-state index is 0.692. The van der Waals surface area contributed by atoms with Crippen molar-refractivity contribution >= 4 is 23.3 Å². The van der Waals surface area contributed by atoms with Gasteiger partial charge in [0.1, 0.15) is 0 Å². The molecule has 0 aliphatic heterocycles. The van der Waals surface area contributed by atoms with Crippen molar-refractivity contribution in [3.8, 4) is 0 Å². The van der Waals surface area contributed by atoms with Gasteiger partial charge in [0, 0.05) is 23.7 Å². The molecule has 0 amide bonds. The predicted octanol–water partition coefficient (Wildman–Crippen LogP) is 4.36. The van der Waals surface area contributed by atoms with Crippen LogP contribution < -0.4 is 4.90 Å². The standard InChI is InChI=1S/C15H23NOS/c1-12(2)7-8-16(13-5-3-4-6-13)14-9-15(10-17)18-11-14/h9-13H,3-8H2,1-2H3. The molecule has 0 bridgehead atoms. The Labute approximate surface area is 114 Å². The van der Waals surface area contributed by atoms with Crippen LogP contribution >= 0.6 is 11.3 Å². The summed E-state index contributed by atoms with van der Waals surface area (Å²) in [5.41, 5.74) is 1.26. The van der Waals surface area contributed by atoms with Gasteiger partial charge in [-0.1, -0.05) is 26.7 Å². The number of hydrogen-bond acceptors (Lipinski definition) is 3. The zero-order valence-electron chi connectivity index (χ0n) is 11.4. The summed E-state index contributed by atoms with van der Waals surface area (Å²) < 4.78 is 0. The van der Waals surface area contributed by atoms with Crippen LogP contribution in [0.5, 0.6) is 0 Å². The predicted molar refractivity (Wildman–Crippen MR) is 78.8 cm³/mol. The lowest BCUT2D eigenvalue weighted by molar-refractivity contribution is 0.112. The van der Waals surface area contributed by atoms with Gasteiger partial charge in [-0.3, -0.25) is 4.79 Å². The van der Waals surface area contributed by atoms with Crippen molar-refractivity contribution in [3.63, 3.8) is 0 Å². The lowest BCUT2D eigenvalue weighted by atomic mass is 10.1. The van der Waals surface area contributed by atoms with Gasteiger partial charge in [0.2, 0.25) is 0 Å². The van der Waals surface area contributed by atoms with Gasteiger partial charge in [0.05, 0.1) is 4.88 Å². The van der Waals surface area contributed by atoms with E-state index in [1.807, 2.05) is 0 Å². The summed E-state index contributed by atoms with van der Waals surface area (Å²) in [6, 6.07) is 2.74. The molecule has 3 heteroatoms. The topological polar surface area (TPSA) is 20.3 Å². The van der Waals surface area contributed by atoms with Crippen LogP contribution in [0, 0.1) is 5.92 Å². The van der Waals surface area contributed by atoms with E-state index in [9.17, 15) is 4.79 Å². The average Bonchev–Trinajstić information content (AvgIpc) is 2.99. The molecule has 2 rings (SSSR count). The molecule has 0 atom stereocenters. The summed E-state index contributed by atoms with van der Waals surface area (Å²) in [4.78, 5) is 14.2. The maximum Gasteiger partial charge on any atom is 0.160 e. The highest BCUT2D eigenvalue weighted by atomic mass is 32.1. The number of carbonyl (C=O) groups is 1. The zero-order valence-corrected chi connectivity index (χ0v) is 12.2. The fraction of sp³-hybridized carbons (Fsp3) is 0.667. The fourth-order valence-corrected chi connectivity index (χ4v) is 3.39. The first-order chi connectivity index (χ1) is 8.70. The maximum atomic E-state index is 10.8. The third-order valence-corrected chi connectivity index (χ3v) is 4.61. The lowest BCUT2D eigenvalue weighted by Gasteiger charge is -2.31. The van der Waals surface area contributed by atoms with Crippen LogP contribution in [0.2, 0.25) is 0 Å². The summed E-state index contributed by atoms with van der Waals surface area (Å²) in [5, 5.41) is 2.14. The number of carbonyl (C=O) groups excluding carboxylic acids is 1. The van der Waals surface area contributed by atoms with Gasteiger partial charge in [-0.25, -0.2) is 0 Å². The first kappa shape index (κ1) is 13.6. The summed E-state index contributed by atoms with van der Waals surface area (Å²) in [5.74, 6) is 0.734. The van der Waals surface area contributed by atoms with E-state index in [2.05, 4.69) is 30.2 Å². The van der Waals surface area contributed by atoms with Gasteiger partial charge in [0.15, 0.2) is 6.29 Å². The van der Waals surface area contributed by atoms with Gasteiger partial charge >= 0.3 is 0 Å². The number of hydrogen-bond donors (Lipinski definition) is 0. The Balaban J connectivity index is 2.09. The molecule has 1 saturated carbocycles. The van der Waals surface area contributed by atoms with Crippen LogP contribution in [0.25, 0.3) is 0 Å². The van der Waals surface area contributed by atoms with E-state index in [0.717, 1.165) is 23.6 Å². The van der Waals surface area contributed by atoms with Crippen molar-refractivity contribution in [1.82, 2.24) is 0 Å². The third kappa shape index (κ3) is 3.35. The molecule has 1 aromatic heterocycles. The summed E-state index contributed by atoms with van der Waals surface area (Å²) >= 11 is 1.56. The van der Waals surface area contributed by atoms with Crippen molar-refractivity contribution in [2.24, 2.45) is 5.92 Å². The van der Waals surface area contributed by atoms with Crippen molar-refractivity contribution in [2.45, 2.75) is 52.0 Å². The normalized spacial score (nSPS) is 16.4. The Morgan fingerprint density at radius 1 is 1.44 bits per heavy atom. The van der Waals surface area contributed by atoms with E-state index in [0.29, 0.717) is 6.04 Å². The Kier molecular flexibility index (Phi) is 4.81. The largest absolute Gasteiger partial charge is 0.368 e. The number of thiophene rings is 1. The summed E-state index contributed by atoms with van der Waals surface area (Å²) in [6.07, 6.45) is 7.52. The second-order valence-electron chi connectivity index (χ2n) is 5.64. The second-order valence-corrected chi connectivity index (χ2v) is 6.58. The minimum atomic E-state index is 0.692. The smallest absolute Gasteiger partial charge is 0.160 e. The van der Waals surface area contributed by atoms with Gasteiger partial charge in [-0.05, 0) is 31.2 Å². The number of nitrogens with zero attached hydrogens (tertiary/aromatic N) is 1. The zero-order chi connectivity index (χ0) is 13.0. The highest BCUT2D eigenvalue weighted by Crippen LogP contribution is 2.31. The molecular weight excluding hydrogens is 242 g/mol. The van der Waals surface area contributed by atoms with Gasteiger partial charge < -0.3 is 4.90 Å². The molecule has 1 fully saturated rings. The van der Waals surface area contributed by atoms with Crippen molar-refractivity contribution in [2.75, 3.05) is 11.4 Å². The van der Waals surface area contributed by atoms with E-state index >= 15 is 0 Å². The van der Waals surface area contributed by atoms with E-state index in [1.54, 1.807) is 11.3 Å². The molecule has 0 saturated heterocycles. The highest BCUT2D eigenvalue weighted by molar-refractivity contribution is 7.12. The lowest BCUT2D eigenvalue weighted by Crippen LogP contribution is -2.34. The van der Waals surface area contributed by atoms with Crippen LogP contribution in [-0.2, 0) is 0 Å². The Hall–Kier alpha value is -0.830. The molecule has 2 nitrogen and oxygen atoms in total. The molecule has 1 aromatic rings. The number of rotatable bonds is 6. The Morgan fingerprint density at radius 3 is 2.72 bits per heavy atom. The van der Waals surface area contributed by atoms with E-state index in [4.69, 9.17) is 0 Å². The number of aldehydes is 1. The van der Waals surface area contributed by atoms with E-state index < -0.39 is 0 Å². The molecular formula is C15H23NOS. The molecule has 1 heterocycles. The fourth-order valence-electron chi connectivity index (χ4n) is 2.69. The van der Waals surface area contributed by atoms with Crippen molar-refractivity contribution in [1.29, 1.82) is 0 Å². The average molecular weight is 265 g/mol. The minimum Gasteiger partial charge on any atom is -0.368 e. The van der Waals surface area contributed by atoms with Gasteiger partial charge in [0.25, 0.3) is 0 Å². The number of anilines is 1. The SMILES string of the molecule is CC(C)CCN(c1csc(C=O)c1)C1CCCC1. The summed E-state index contributed by atoms with van der Waals surface area (Å²) in [7, 11) is 0. The molecule has 1 aliphatic carbocycles. The Morgan fingerprint density at radius 2 is 2.17 bits per heavy atom. The molecule has 0 aromatic carbocycles. The van der Waals surface area contributed by atoms with E-state index in [1.165, 1.54) is 37.8 Å². The van der Waals surface area contributed by atoms with E-state index in [-0.39, 0.29) is 0 Å². The third-order valence-electron chi connectivity index (χ3n) is 3.77. The maximum absolute atomic E-state index is 10.8. The van der Waals surface area contributed by atoms with Crippen LogP contribution in [-0.4, -0.2) is 18.9 Å². The van der Waals surface area contributed by atoms with Gasteiger partial charge in [-0.15, -0.1) is 11.3 Å². The van der Waals surface area contributed by atoms with Crippen molar-refractivity contribution < 1.29 is 4.79 Å². The monoisotopic (exact) mass is 265 g/mol. The molecule has 0 N–H and O–H groups in total. The second kappa shape index (κ2) is 6.37. The highest BCUT2D eigenvalue weighted by Gasteiger charge is 2.23. The van der Waals surface area contributed by atoms with Gasteiger partial charge in [-0.2, -0.15) is 0 Å². The molecule has 18 heavy (non-hydrogen) atoms. The summed E-state index contributed by atoms with van der Waals surface area (Å²) in [6.45, 7) is 5.67. The van der Waals surface area contributed by atoms with Crippen molar-refractivity contribution in [3.05, 3.63) is 16.3 Å². The molecule has 100 valence electrons. The molecule has 0 spiro atoms. The first-order valence-electron chi connectivity index (χ1n) is 7.01. The van der Waals surface area contributed by atoms with Crippen LogP contribution in [0.1, 0.15) is 55.6 Å². The quantitative estimate of drug-likeness (QED) is 0.712. The molecule has 1 aliphatic rings. The van der Waals surface area contributed by atoms with Crippen LogP contribution in [0.3, 0.4) is 0 Å². The van der Waals surface area contributed by atoms with Crippen LogP contribution in [0.15, 0.2) is 11.4 Å². The van der Waals surface area contributed by atoms with Crippen LogP contribution in [0.4, 0.5) is 5.69 Å². The Bertz CT molecular complexity index is 380. The molecule has 0 unspecified atom stereocenters. The molecule has 0 radical (unpaired) electrons.